The van der Waals surface area contributed by atoms with Crippen molar-refractivity contribution in [3.05, 3.63) is 68.8 Å². The van der Waals surface area contributed by atoms with Crippen LogP contribution in [0.25, 0.3) is 0 Å². The maximum atomic E-state index is 14.0. The van der Waals surface area contributed by atoms with Gasteiger partial charge in [-0.1, -0.05) is 40.5 Å². The van der Waals surface area contributed by atoms with Crippen molar-refractivity contribution in [3.63, 3.8) is 0 Å². The summed E-state index contributed by atoms with van der Waals surface area (Å²) in [5, 5.41) is 0. The molecule has 3 aliphatic rings. The lowest BCUT2D eigenvalue weighted by Crippen LogP contribution is -2.41. The van der Waals surface area contributed by atoms with Crippen LogP contribution >= 0.6 is 0 Å². The molecule has 0 N–H and O–H groups in total. The van der Waals surface area contributed by atoms with E-state index in [1.165, 1.54) is 23.3 Å². The minimum atomic E-state index is -4.44. The predicted molar refractivity (Wildman–Crippen MR) is 104 cm³/mol. The van der Waals surface area contributed by atoms with Crippen molar-refractivity contribution < 1.29 is 18.0 Å². The van der Waals surface area contributed by atoms with Gasteiger partial charge in [-0.2, -0.15) is 13.2 Å². The van der Waals surface area contributed by atoms with Gasteiger partial charge in [0, 0.05) is 11.3 Å². The minimum absolute atomic E-state index is 0.0608. The maximum Gasteiger partial charge on any atom is 0.416 e. The first-order chi connectivity index (χ1) is 13.1. The van der Waals surface area contributed by atoms with E-state index in [-0.39, 0.29) is 11.3 Å². The van der Waals surface area contributed by atoms with Gasteiger partial charge in [-0.15, -0.1) is 0 Å². The maximum absolute atomic E-state index is 14.0. The van der Waals surface area contributed by atoms with E-state index >= 15 is 0 Å². The summed E-state index contributed by atoms with van der Waals surface area (Å²) in [6.45, 7) is 8.08. The zero-order chi connectivity index (χ0) is 20.4. The molecular formula is C24H25F3O. The largest absolute Gasteiger partial charge is 0.416 e. The molecule has 2 unspecified atom stereocenters. The number of ketones is 1. The Kier molecular flexibility index (Phi) is 4.26. The van der Waals surface area contributed by atoms with Gasteiger partial charge in [0.15, 0.2) is 5.78 Å². The number of Topliss-reactive ketones (excluding diaryl/α,β-unsaturated/α-hetero) is 1. The molecule has 4 rings (SSSR count). The third-order valence-electron chi connectivity index (χ3n) is 7.22. The van der Waals surface area contributed by atoms with E-state index in [2.05, 4.69) is 0 Å². The Morgan fingerprint density at radius 1 is 0.929 bits per heavy atom. The van der Waals surface area contributed by atoms with Crippen LogP contribution in [0.15, 0.2) is 57.7 Å². The fourth-order valence-electron chi connectivity index (χ4n) is 5.46. The van der Waals surface area contributed by atoms with Crippen molar-refractivity contribution in [3.8, 4) is 0 Å². The molecule has 148 valence electrons. The van der Waals surface area contributed by atoms with Crippen molar-refractivity contribution >= 4 is 5.78 Å². The molecule has 0 bridgehead atoms. The van der Waals surface area contributed by atoms with E-state index < -0.39 is 23.1 Å². The summed E-state index contributed by atoms with van der Waals surface area (Å²) in [6, 6.07) is 5.89. The van der Waals surface area contributed by atoms with E-state index in [0.29, 0.717) is 25.7 Å². The Labute approximate surface area is 164 Å². The highest BCUT2D eigenvalue weighted by atomic mass is 19.4. The van der Waals surface area contributed by atoms with Crippen molar-refractivity contribution in [2.45, 2.75) is 65.0 Å². The Bertz CT molecular complexity index is 974. The number of hydrogen-bond acceptors (Lipinski definition) is 1. The lowest BCUT2D eigenvalue weighted by molar-refractivity contribution is -0.139. The highest BCUT2D eigenvalue weighted by molar-refractivity contribution is 6.04. The first kappa shape index (κ1) is 19.2. The number of carbonyl (C=O) groups is 1. The molecule has 1 aromatic rings. The van der Waals surface area contributed by atoms with Crippen LogP contribution in [-0.2, 0) is 16.4 Å². The number of benzene rings is 1. The quantitative estimate of drug-likeness (QED) is 0.491. The number of alkyl halides is 3. The van der Waals surface area contributed by atoms with Gasteiger partial charge in [0.25, 0.3) is 0 Å². The number of fused-ring (bicyclic) bond motifs is 2. The Hall–Kier alpha value is -2.10. The van der Waals surface area contributed by atoms with E-state index in [9.17, 15) is 18.0 Å². The second-order valence-electron chi connectivity index (χ2n) is 8.74. The first-order valence-electron chi connectivity index (χ1n) is 9.81. The number of carbonyl (C=O) groups excluding carboxylic acids is 1. The molecule has 2 atom stereocenters. The molecule has 0 radical (unpaired) electrons. The average molecular weight is 386 g/mol. The van der Waals surface area contributed by atoms with Crippen LogP contribution in [0.1, 0.15) is 64.5 Å². The molecule has 0 saturated heterocycles. The zero-order valence-corrected chi connectivity index (χ0v) is 16.8. The smallest absolute Gasteiger partial charge is 0.294 e. The molecule has 28 heavy (non-hydrogen) atoms. The van der Waals surface area contributed by atoms with Crippen molar-refractivity contribution in [1.29, 1.82) is 0 Å². The molecule has 0 saturated carbocycles. The third kappa shape index (κ3) is 2.57. The lowest BCUT2D eigenvalue weighted by atomic mass is 9.58. The molecule has 1 nitrogen and oxygen atoms in total. The van der Waals surface area contributed by atoms with E-state index in [1.807, 2.05) is 27.7 Å². The summed E-state index contributed by atoms with van der Waals surface area (Å²) in [6.07, 6.45) is -2.23. The van der Waals surface area contributed by atoms with Gasteiger partial charge < -0.3 is 0 Å². The van der Waals surface area contributed by atoms with Crippen LogP contribution in [0.2, 0.25) is 0 Å². The predicted octanol–water partition coefficient (Wildman–Crippen LogP) is 6.70. The van der Waals surface area contributed by atoms with Gasteiger partial charge in [-0.3, -0.25) is 4.79 Å². The number of hydrogen-bond donors (Lipinski definition) is 0. The van der Waals surface area contributed by atoms with Gasteiger partial charge >= 0.3 is 6.18 Å². The summed E-state index contributed by atoms with van der Waals surface area (Å²) in [4.78, 5) is 13.4. The average Bonchev–Trinajstić information content (AvgIpc) is 2.85. The van der Waals surface area contributed by atoms with Gasteiger partial charge in [0.05, 0.1) is 5.56 Å². The third-order valence-corrected chi connectivity index (χ3v) is 7.22. The van der Waals surface area contributed by atoms with Crippen LogP contribution in [0.4, 0.5) is 13.2 Å². The molecule has 4 heteroatoms. The summed E-state index contributed by atoms with van der Waals surface area (Å²) in [5.74, 6) is -0.367. The Balaban J connectivity index is 2.02. The molecule has 3 aliphatic carbocycles. The molecule has 1 aromatic carbocycles. The fourth-order valence-corrected chi connectivity index (χ4v) is 5.46. The fraction of sp³-hybridized carbons (Fsp3) is 0.458. The summed E-state index contributed by atoms with van der Waals surface area (Å²) in [5.41, 5.74) is 5.12. The van der Waals surface area contributed by atoms with Crippen molar-refractivity contribution in [2.75, 3.05) is 0 Å². The second kappa shape index (κ2) is 6.20. The SMILES string of the molecule is CC1=C(C)CC2=C(C1)C(=O)C1CC(C)=C(C)CC21c1ccccc1C(F)(F)F. The Morgan fingerprint density at radius 2 is 1.57 bits per heavy atom. The molecule has 0 spiro atoms. The van der Waals surface area contributed by atoms with Gasteiger partial charge in [-0.05, 0) is 76.2 Å². The molecule has 0 heterocycles. The highest BCUT2D eigenvalue weighted by Crippen LogP contribution is 2.61. The van der Waals surface area contributed by atoms with Crippen LogP contribution in [-0.4, -0.2) is 5.78 Å². The second-order valence-corrected chi connectivity index (χ2v) is 8.74. The van der Waals surface area contributed by atoms with E-state index in [0.717, 1.165) is 22.3 Å². The van der Waals surface area contributed by atoms with Crippen LogP contribution in [0.3, 0.4) is 0 Å². The Morgan fingerprint density at radius 3 is 2.25 bits per heavy atom. The topological polar surface area (TPSA) is 17.1 Å². The monoisotopic (exact) mass is 386 g/mol. The number of halogens is 3. The van der Waals surface area contributed by atoms with Gasteiger partial charge in [-0.25, -0.2) is 0 Å². The minimum Gasteiger partial charge on any atom is -0.294 e. The summed E-state index contributed by atoms with van der Waals surface area (Å²) < 4.78 is 41.9. The van der Waals surface area contributed by atoms with E-state index in [4.69, 9.17) is 0 Å². The number of rotatable bonds is 1. The zero-order valence-electron chi connectivity index (χ0n) is 16.8. The summed E-state index contributed by atoms with van der Waals surface area (Å²) >= 11 is 0. The highest BCUT2D eigenvalue weighted by Gasteiger charge is 2.58. The van der Waals surface area contributed by atoms with Gasteiger partial charge in [0.1, 0.15) is 0 Å². The van der Waals surface area contributed by atoms with Crippen molar-refractivity contribution in [1.82, 2.24) is 0 Å². The first-order valence-corrected chi connectivity index (χ1v) is 9.81. The normalized spacial score (nSPS) is 28.1. The van der Waals surface area contributed by atoms with Crippen LogP contribution in [0, 0.1) is 5.92 Å². The molecular weight excluding hydrogens is 361 g/mol. The standard InChI is InChI=1S/C24H25F3O/c1-13-9-17-20(10-14(13)2)23(12-16(4)15(3)11-21(23)22(17)28)18-7-5-6-8-19(18)24(25,26)27/h5-8,21H,9-12H2,1-4H3. The van der Waals surface area contributed by atoms with Gasteiger partial charge in [0.2, 0.25) is 0 Å². The molecule has 0 aliphatic heterocycles. The summed E-state index contributed by atoms with van der Waals surface area (Å²) in [7, 11) is 0. The number of allylic oxidation sites excluding steroid dienone is 6. The lowest BCUT2D eigenvalue weighted by Gasteiger charge is -2.44. The molecule has 0 fully saturated rings. The molecule has 0 aromatic heterocycles. The van der Waals surface area contributed by atoms with E-state index in [1.54, 1.807) is 12.1 Å². The van der Waals surface area contributed by atoms with Crippen LogP contribution < -0.4 is 0 Å². The molecule has 0 amide bonds. The van der Waals surface area contributed by atoms with Crippen LogP contribution in [0.5, 0.6) is 0 Å². The van der Waals surface area contributed by atoms with Crippen molar-refractivity contribution in [2.24, 2.45) is 5.92 Å².